The van der Waals surface area contributed by atoms with E-state index in [0.717, 1.165) is 6.54 Å². The lowest BCUT2D eigenvalue weighted by molar-refractivity contribution is 0.127. The van der Waals surface area contributed by atoms with Crippen molar-refractivity contribution in [3.63, 3.8) is 0 Å². The fraction of sp³-hybridized carbons (Fsp3) is 0.421. The van der Waals surface area contributed by atoms with E-state index in [9.17, 15) is 0 Å². The molecule has 0 atom stereocenters. The first-order valence-electron chi connectivity index (χ1n) is 7.84. The quantitative estimate of drug-likeness (QED) is 0.830. The Morgan fingerprint density at radius 3 is 2.43 bits per heavy atom. The van der Waals surface area contributed by atoms with Crippen molar-refractivity contribution in [1.29, 1.82) is 0 Å². The van der Waals surface area contributed by atoms with Gasteiger partial charge in [0, 0.05) is 24.5 Å². The third kappa shape index (κ3) is 3.70. The van der Waals surface area contributed by atoms with Gasteiger partial charge in [0.25, 0.3) is 0 Å². The zero-order valence-corrected chi connectivity index (χ0v) is 13.0. The van der Waals surface area contributed by atoms with Gasteiger partial charge in [-0.1, -0.05) is 44.2 Å². The van der Waals surface area contributed by atoms with Crippen LogP contribution in [0, 0.1) is 5.41 Å². The van der Waals surface area contributed by atoms with Gasteiger partial charge < -0.3 is 0 Å². The molecule has 1 saturated heterocycles. The normalized spacial score (nSPS) is 18.6. The van der Waals surface area contributed by atoms with Crippen LogP contribution < -0.4 is 0 Å². The van der Waals surface area contributed by atoms with Crippen LogP contribution in [-0.4, -0.2) is 23.0 Å². The Hall–Kier alpha value is -1.67. The molecule has 0 unspecified atom stereocenters. The zero-order valence-electron chi connectivity index (χ0n) is 13.0. The van der Waals surface area contributed by atoms with Gasteiger partial charge in [0.15, 0.2) is 0 Å². The van der Waals surface area contributed by atoms with Crippen molar-refractivity contribution in [3.8, 4) is 11.1 Å². The Morgan fingerprint density at radius 1 is 1.00 bits per heavy atom. The largest absolute Gasteiger partial charge is 0.299 e. The second-order valence-electron chi connectivity index (χ2n) is 6.89. The van der Waals surface area contributed by atoms with Gasteiger partial charge in [-0.05, 0) is 48.5 Å². The van der Waals surface area contributed by atoms with Crippen LogP contribution >= 0.6 is 0 Å². The van der Waals surface area contributed by atoms with Crippen LogP contribution in [0.5, 0.6) is 0 Å². The molecule has 3 rings (SSSR count). The van der Waals surface area contributed by atoms with Crippen molar-refractivity contribution in [2.45, 2.75) is 33.2 Å². The molecule has 1 aromatic heterocycles. The van der Waals surface area contributed by atoms with Gasteiger partial charge in [-0.15, -0.1) is 0 Å². The number of hydrogen-bond acceptors (Lipinski definition) is 2. The van der Waals surface area contributed by atoms with E-state index < -0.39 is 0 Å². The summed E-state index contributed by atoms with van der Waals surface area (Å²) in [6.07, 6.45) is 6.54. The first kappa shape index (κ1) is 14.3. The minimum absolute atomic E-state index is 0.515. The molecule has 0 radical (unpaired) electrons. The molecule has 110 valence electrons. The maximum Gasteiger partial charge on any atom is 0.0346 e. The SMILES string of the molecule is CC1(C)CCN(Cc2cncc(-c3ccccc3)c2)CC1. The Labute approximate surface area is 127 Å². The van der Waals surface area contributed by atoms with Crippen LogP contribution in [0.4, 0.5) is 0 Å². The number of hydrogen-bond donors (Lipinski definition) is 0. The van der Waals surface area contributed by atoms with Crippen LogP contribution in [0.2, 0.25) is 0 Å². The van der Waals surface area contributed by atoms with Crippen LogP contribution in [0.1, 0.15) is 32.3 Å². The molecule has 1 fully saturated rings. The number of pyridine rings is 1. The summed E-state index contributed by atoms with van der Waals surface area (Å²) in [5.41, 5.74) is 4.29. The summed E-state index contributed by atoms with van der Waals surface area (Å²) in [5, 5.41) is 0. The van der Waals surface area contributed by atoms with Crippen LogP contribution in [0.25, 0.3) is 11.1 Å². The molecule has 0 bridgehead atoms. The van der Waals surface area contributed by atoms with Gasteiger partial charge in [0.05, 0.1) is 0 Å². The number of benzene rings is 1. The van der Waals surface area contributed by atoms with Crippen molar-refractivity contribution >= 4 is 0 Å². The lowest BCUT2D eigenvalue weighted by Crippen LogP contribution is -2.36. The van der Waals surface area contributed by atoms with Gasteiger partial charge >= 0.3 is 0 Å². The molecule has 21 heavy (non-hydrogen) atoms. The summed E-state index contributed by atoms with van der Waals surface area (Å²) in [7, 11) is 0. The molecule has 0 spiro atoms. The van der Waals surface area contributed by atoms with Crippen molar-refractivity contribution < 1.29 is 0 Å². The number of aromatic nitrogens is 1. The summed E-state index contributed by atoms with van der Waals surface area (Å²) in [6, 6.07) is 12.8. The van der Waals surface area contributed by atoms with E-state index in [1.165, 1.54) is 42.6 Å². The Kier molecular flexibility index (Phi) is 4.07. The van der Waals surface area contributed by atoms with E-state index in [1.54, 1.807) is 0 Å². The Bertz CT molecular complexity index is 580. The van der Waals surface area contributed by atoms with Crippen LogP contribution in [0.15, 0.2) is 48.8 Å². The van der Waals surface area contributed by atoms with Crippen LogP contribution in [0.3, 0.4) is 0 Å². The molecule has 2 heterocycles. The number of piperidine rings is 1. The van der Waals surface area contributed by atoms with E-state index in [0.29, 0.717) is 5.41 Å². The highest BCUT2D eigenvalue weighted by atomic mass is 15.1. The molecule has 0 N–H and O–H groups in total. The molecule has 2 heteroatoms. The molecule has 0 saturated carbocycles. The zero-order chi connectivity index (χ0) is 14.7. The molecule has 1 aliphatic rings. The second-order valence-corrected chi connectivity index (χ2v) is 6.89. The van der Waals surface area contributed by atoms with E-state index >= 15 is 0 Å². The van der Waals surface area contributed by atoms with Gasteiger partial charge in [-0.3, -0.25) is 9.88 Å². The lowest BCUT2D eigenvalue weighted by atomic mass is 9.82. The Balaban J connectivity index is 1.70. The standard InChI is InChI=1S/C19H24N2/c1-19(2)8-10-21(11-9-19)15-16-12-18(14-20-13-16)17-6-4-3-5-7-17/h3-7,12-14H,8-11,15H2,1-2H3. The summed E-state index contributed by atoms with van der Waals surface area (Å²) in [5.74, 6) is 0. The molecule has 1 aromatic carbocycles. The first-order chi connectivity index (χ1) is 10.1. The van der Waals surface area contributed by atoms with Gasteiger partial charge in [0.1, 0.15) is 0 Å². The highest BCUT2D eigenvalue weighted by molar-refractivity contribution is 5.62. The fourth-order valence-electron chi connectivity index (χ4n) is 2.94. The minimum atomic E-state index is 0.515. The average Bonchev–Trinajstić information content (AvgIpc) is 2.51. The van der Waals surface area contributed by atoms with E-state index in [2.05, 4.69) is 60.1 Å². The van der Waals surface area contributed by atoms with E-state index in [4.69, 9.17) is 0 Å². The molecule has 2 aromatic rings. The minimum Gasteiger partial charge on any atom is -0.299 e. The topological polar surface area (TPSA) is 16.1 Å². The van der Waals surface area contributed by atoms with Crippen molar-refractivity contribution in [2.24, 2.45) is 5.41 Å². The van der Waals surface area contributed by atoms with Crippen molar-refractivity contribution in [1.82, 2.24) is 9.88 Å². The summed E-state index contributed by atoms with van der Waals surface area (Å²) < 4.78 is 0. The van der Waals surface area contributed by atoms with Gasteiger partial charge in [0.2, 0.25) is 0 Å². The summed E-state index contributed by atoms with van der Waals surface area (Å²) >= 11 is 0. The van der Waals surface area contributed by atoms with E-state index in [-0.39, 0.29) is 0 Å². The molecule has 2 nitrogen and oxygen atoms in total. The lowest BCUT2D eigenvalue weighted by Gasteiger charge is -2.36. The van der Waals surface area contributed by atoms with Crippen molar-refractivity contribution in [2.75, 3.05) is 13.1 Å². The molecule has 1 aliphatic heterocycles. The molecule has 0 amide bonds. The first-order valence-corrected chi connectivity index (χ1v) is 7.84. The van der Waals surface area contributed by atoms with E-state index in [1.807, 2.05) is 12.4 Å². The molecular weight excluding hydrogens is 256 g/mol. The second kappa shape index (κ2) is 5.98. The van der Waals surface area contributed by atoms with Gasteiger partial charge in [-0.25, -0.2) is 0 Å². The summed E-state index contributed by atoms with van der Waals surface area (Å²) in [4.78, 5) is 6.98. The number of likely N-dealkylation sites (tertiary alicyclic amines) is 1. The third-order valence-electron chi connectivity index (χ3n) is 4.52. The third-order valence-corrected chi connectivity index (χ3v) is 4.52. The predicted molar refractivity (Wildman–Crippen MR) is 88.0 cm³/mol. The smallest absolute Gasteiger partial charge is 0.0346 e. The highest BCUT2D eigenvalue weighted by Crippen LogP contribution is 2.30. The fourth-order valence-corrected chi connectivity index (χ4v) is 2.94. The number of rotatable bonds is 3. The van der Waals surface area contributed by atoms with Gasteiger partial charge in [-0.2, -0.15) is 0 Å². The van der Waals surface area contributed by atoms with Crippen LogP contribution in [-0.2, 0) is 6.54 Å². The molecular formula is C19H24N2. The number of nitrogens with zero attached hydrogens (tertiary/aromatic N) is 2. The van der Waals surface area contributed by atoms with Crippen molar-refractivity contribution in [3.05, 3.63) is 54.4 Å². The predicted octanol–water partition coefficient (Wildman–Crippen LogP) is 4.37. The maximum atomic E-state index is 4.43. The molecule has 0 aliphatic carbocycles. The average molecular weight is 280 g/mol. The summed E-state index contributed by atoms with van der Waals surface area (Å²) in [6.45, 7) is 8.17. The highest BCUT2D eigenvalue weighted by Gasteiger charge is 2.25. The Morgan fingerprint density at radius 2 is 1.71 bits per heavy atom. The maximum absolute atomic E-state index is 4.43. The monoisotopic (exact) mass is 280 g/mol.